The summed E-state index contributed by atoms with van der Waals surface area (Å²) in [5.41, 5.74) is 2.67. The normalized spacial score (nSPS) is 23.6. The molecule has 3 atom stereocenters. The van der Waals surface area contributed by atoms with Crippen LogP contribution in [-0.2, 0) is 9.47 Å². The Kier molecular flexibility index (Phi) is 5.22. The van der Waals surface area contributed by atoms with Gasteiger partial charge in [-0.05, 0) is 23.5 Å². The van der Waals surface area contributed by atoms with E-state index in [2.05, 4.69) is 54.0 Å². The van der Waals surface area contributed by atoms with Gasteiger partial charge in [0.2, 0.25) is 0 Å². The van der Waals surface area contributed by atoms with E-state index in [9.17, 15) is 0 Å². The third-order valence-electron chi connectivity index (χ3n) is 3.60. The molecule has 1 saturated heterocycles. The molecule has 2 nitrogen and oxygen atoms in total. The number of hydrogen-bond donors (Lipinski definition) is 0. The maximum absolute atomic E-state index is 5.72. The number of ether oxygens (including phenoxy) is 2. The molecule has 1 fully saturated rings. The highest BCUT2D eigenvalue weighted by molar-refractivity contribution is 9.09. The van der Waals surface area contributed by atoms with Crippen LogP contribution in [0.1, 0.15) is 42.1 Å². The predicted molar refractivity (Wildman–Crippen MR) is 77.4 cm³/mol. The van der Waals surface area contributed by atoms with Gasteiger partial charge in [0.25, 0.3) is 0 Å². The van der Waals surface area contributed by atoms with E-state index in [4.69, 9.17) is 9.47 Å². The molecule has 0 N–H and O–H groups in total. The van der Waals surface area contributed by atoms with Gasteiger partial charge in [-0.25, -0.2) is 0 Å². The van der Waals surface area contributed by atoms with Crippen LogP contribution >= 0.6 is 15.9 Å². The summed E-state index contributed by atoms with van der Waals surface area (Å²) in [6, 6.07) is 8.83. The summed E-state index contributed by atoms with van der Waals surface area (Å²) >= 11 is 3.72. The molecular weight excluding hydrogens is 292 g/mol. The van der Waals surface area contributed by atoms with Crippen LogP contribution in [0.25, 0.3) is 0 Å². The van der Waals surface area contributed by atoms with E-state index < -0.39 is 0 Å². The summed E-state index contributed by atoms with van der Waals surface area (Å²) in [5.74, 6) is 0.627. The number of benzene rings is 1. The minimum Gasteiger partial charge on any atom is -0.376 e. The Bertz CT molecular complexity index is 357. The molecule has 2 rings (SSSR count). The highest BCUT2D eigenvalue weighted by atomic mass is 79.9. The van der Waals surface area contributed by atoms with Gasteiger partial charge in [0.1, 0.15) is 0 Å². The molecule has 3 unspecified atom stereocenters. The van der Waals surface area contributed by atoms with Crippen LogP contribution < -0.4 is 0 Å². The zero-order valence-electron chi connectivity index (χ0n) is 11.1. The Morgan fingerprint density at radius 3 is 2.44 bits per heavy atom. The fourth-order valence-corrected chi connectivity index (χ4v) is 2.74. The molecule has 0 bridgehead atoms. The average molecular weight is 313 g/mol. The van der Waals surface area contributed by atoms with E-state index in [1.807, 2.05) is 0 Å². The lowest BCUT2D eigenvalue weighted by molar-refractivity contribution is -0.0876. The van der Waals surface area contributed by atoms with Crippen LogP contribution in [0.2, 0.25) is 0 Å². The van der Waals surface area contributed by atoms with Gasteiger partial charge in [-0.1, -0.05) is 54.0 Å². The molecule has 0 spiro atoms. The molecule has 1 heterocycles. The first-order valence-electron chi connectivity index (χ1n) is 6.65. The summed E-state index contributed by atoms with van der Waals surface area (Å²) in [7, 11) is 0. The highest BCUT2D eigenvalue weighted by Crippen LogP contribution is 2.31. The van der Waals surface area contributed by atoms with Gasteiger partial charge in [0.15, 0.2) is 0 Å². The van der Waals surface area contributed by atoms with Crippen LogP contribution in [0.4, 0.5) is 0 Å². The quantitative estimate of drug-likeness (QED) is 0.781. The Morgan fingerprint density at radius 1 is 1.22 bits per heavy atom. The van der Waals surface area contributed by atoms with Crippen molar-refractivity contribution in [3.63, 3.8) is 0 Å². The van der Waals surface area contributed by atoms with Gasteiger partial charge in [0.05, 0.1) is 30.8 Å². The zero-order valence-corrected chi connectivity index (χ0v) is 12.7. The molecular formula is C15H21BrO2. The third-order valence-corrected chi connectivity index (χ3v) is 4.72. The fraction of sp³-hybridized carbons (Fsp3) is 0.600. The van der Waals surface area contributed by atoms with Gasteiger partial charge in [-0.2, -0.15) is 0 Å². The summed E-state index contributed by atoms with van der Waals surface area (Å²) in [6.45, 7) is 6.56. The van der Waals surface area contributed by atoms with Gasteiger partial charge in [-0.3, -0.25) is 0 Å². The van der Waals surface area contributed by atoms with Crippen molar-refractivity contribution in [2.45, 2.75) is 37.1 Å². The van der Waals surface area contributed by atoms with Crippen molar-refractivity contribution >= 4 is 15.9 Å². The lowest BCUT2D eigenvalue weighted by Gasteiger charge is -2.27. The first kappa shape index (κ1) is 14.0. The highest BCUT2D eigenvalue weighted by Gasteiger charge is 2.24. The summed E-state index contributed by atoms with van der Waals surface area (Å²) in [6.07, 6.45) is 1.30. The Hall–Kier alpha value is -0.380. The van der Waals surface area contributed by atoms with Crippen LogP contribution in [0.5, 0.6) is 0 Å². The maximum atomic E-state index is 5.72. The van der Waals surface area contributed by atoms with E-state index in [0.717, 1.165) is 0 Å². The second kappa shape index (κ2) is 6.69. The molecule has 0 saturated carbocycles. The molecule has 1 aliphatic heterocycles. The van der Waals surface area contributed by atoms with Crippen molar-refractivity contribution in [3.8, 4) is 0 Å². The molecule has 1 aliphatic rings. The monoisotopic (exact) mass is 312 g/mol. The van der Waals surface area contributed by atoms with E-state index in [0.29, 0.717) is 25.7 Å². The number of hydrogen-bond acceptors (Lipinski definition) is 2. The SMILES string of the molecule is CCC(C)c1ccc(C(Br)C2COCCO2)cc1. The van der Waals surface area contributed by atoms with Crippen molar-refractivity contribution < 1.29 is 9.47 Å². The molecule has 1 aromatic carbocycles. The second-order valence-corrected chi connectivity index (χ2v) is 5.85. The molecule has 18 heavy (non-hydrogen) atoms. The largest absolute Gasteiger partial charge is 0.376 e. The van der Waals surface area contributed by atoms with Gasteiger partial charge < -0.3 is 9.47 Å². The minimum atomic E-state index is 0.119. The lowest BCUT2D eigenvalue weighted by Crippen LogP contribution is -2.31. The Balaban J connectivity index is 2.03. The van der Waals surface area contributed by atoms with E-state index in [1.165, 1.54) is 17.5 Å². The van der Waals surface area contributed by atoms with Crippen molar-refractivity contribution in [1.29, 1.82) is 0 Å². The molecule has 1 aromatic rings. The standard InChI is InChI=1S/C15H21BrO2/c1-3-11(2)12-4-6-13(7-5-12)15(16)14-10-17-8-9-18-14/h4-7,11,14-15H,3,8-10H2,1-2H3. The molecule has 0 radical (unpaired) electrons. The van der Waals surface area contributed by atoms with Crippen LogP contribution in [0.3, 0.4) is 0 Å². The molecule has 0 aliphatic carbocycles. The molecule has 100 valence electrons. The zero-order chi connectivity index (χ0) is 13.0. The average Bonchev–Trinajstić information content (AvgIpc) is 2.47. The van der Waals surface area contributed by atoms with Crippen molar-refractivity contribution in [2.24, 2.45) is 0 Å². The van der Waals surface area contributed by atoms with Crippen molar-refractivity contribution in [3.05, 3.63) is 35.4 Å². The van der Waals surface area contributed by atoms with Gasteiger partial charge in [0, 0.05) is 0 Å². The first-order chi connectivity index (χ1) is 8.72. The Labute approximate surface area is 118 Å². The summed E-state index contributed by atoms with van der Waals surface area (Å²) < 4.78 is 11.2. The maximum Gasteiger partial charge on any atom is 0.0975 e. The van der Waals surface area contributed by atoms with E-state index in [1.54, 1.807) is 0 Å². The fourth-order valence-electron chi connectivity index (χ4n) is 2.13. The summed E-state index contributed by atoms with van der Waals surface area (Å²) in [4.78, 5) is 0.212. The van der Waals surface area contributed by atoms with Crippen LogP contribution in [0.15, 0.2) is 24.3 Å². The third kappa shape index (κ3) is 3.34. The first-order valence-corrected chi connectivity index (χ1v) is 7.57. The smallest absolute Gasteiger partial charge is 0.0975 e. The molecule has 0 aromatic heterocycles. The number of halogens is 1. The van der Waals surface area contributed by atoms with Crippen molar-refractivity contribution in [2.75, 3.05) is 19.8 Å². The molecule has 3 heteroatoms. The van der Waals surface area contributed by atoms with E-state index in [-0.39, 0.29) is 10.9 Å². The second-order valence-electron chi connectivity index (χ2n) is 4.86. The topological polar surface area (TPSA) is 18.5 Å². The number of alkyl halides is 1. The van der Waals surface area contributed by atoms with Gasteiger partial charge >= 0.3 is 0 Å². The lowest BCUT2D eigenvalue weighted by atomic mass is 9.96. The number of rotatable bonds is 4. The van der Waals surface area contributed by atoms with Crippen LogP contribution in [-0.4, -0.2) is 25.9 Å². The van der Waals surface area contributed by atoms with Crippen molar-refractivity contribution in [1.82, 2.24) is 0 Å². The molecule has 0 amide bonds. The summed E-state index contributed by atoms with van der Waals surface area (Å²) in [5, 5.41) is 0. The van der Waals surface area contributed by atoms with Gasteiger partial charge in [-0.15, -0.1) is 0 Å². The minimum absolute atomic E-state index is 0.119. The van der Waals surface area contributed by atoms with E-state index >= 15 is 0 Å². The van der Waals surface area contributed by atoms with Crippen LogP contribution in [0, 0.1) is 0 Å². The Morgan fingerprint density at radius 2 is 1.89 bits per heavy atom. The predicted octanol–water partition coefficient (Wildman–Crippen LogP) is 4.05.